The second-order valence-corrected chi connectivity index (χ2v) is 12.2. The van der Waals surface area contributed by atoms with Crippen LogP contribution in [0.15, 0.2) is 23.1 Å². The molecule has 4 atom stereocenters. The molecule has 0 spiro atoms. The summed E-state index contributed by atoms with van der Waals surface area (Å²) in [6.07, 6.45) is 5.61. The van der Waals surface area contributed by atoms with Crippen molar-refractivity contribution in [3.63, 3.8) is 0 Å². The summed E-state index contributed by atoms with van der Waals surface area (Å²) in [6.45, 7) is 3.98. The van der Waals surface area contributed by atoms with E-state index in [1.165, 1.54) is 17.7 Å². The van der Waals surface area contributed by atoms with Gasteiger partial charge in [0, 0.05) is 19.5 Å². The molecule has 2 aliphatic carbocycles. The molecule has 0 aromatic heterocycles. The van der Waals surface area contributed by atoms with Crippen molar-refractivity contribution in [2.45, 2.75) is 69.7 Å². The zero-order chi connectivity index (χ0) is 25.0. The molecule has 3 rings (SSSR count). The number of nitrogens with one attached hydrogen (secondary N) is 1. The summed E-state index contributed by atoms with van der Waals surface area (Å²) in [5.41, 5.74) is 6.10. The standard InChI is InChI=1S/C24H35ClFN3O4S/c1-15(2)10-21(27)24(31)29(23(30)13-18-12-16-4-5-17(18)11-16)9-3-8-28-34(32,33)22-7-6-19(26)14-20(22)25/h6-7,14-18,21,28H,3-5,8-13,27H2,1-2H3/t16-,17+,18?,21+/m1/s1. The minimum absolute atomic E-state index is 0.0132. The molecule has 2 amide bonds. The number of carbonyl (C=O) groups is 2. The lowest BCUT2D eigenvalue weighted by Gasteiger charge is -2.28. The van der Waals surface area contributed by atoms with Crippen molar-refractivity contribution in [1.29, 1.82) is 0 Å². The fraction of sp³-hybridized carbons (Fsp3) is 0.667. The Labute approximate surface area is 206 Å². The Hall–Kier alpha value is -1.55. The van der Waals surface area contributed by atoms with E-state index in [1.807, 2.05) is 13.8 Å². The Kier molecular flexibility index (Phi) is 9.11. The van der Waals surface area contributed by atoms with Crippen LogP contribution in [0.3, 0.4) is 0 Å². The summed E-state index contributed by atoms with van der Waals surface area (Å²) >= 11 is 5.87. The van der Waals surface area contributed by atoms with Gasteiger partial charge in [0.2, 0.25) is 21.8 Å². The molecule has 1 unspecified atom stereocenters. The Balaban J connectivity index is 1.61. The smallest absolute Gasteiger partial charge is 0.246 e. The molecule has 3 N–H and O–H groups in total. The van der Waals surface area contributed by atoms with Gasteiger partial charge in [0.1, 0.15) is 10.7 Å². The van der Waals surface area contributed by atoms with E-state index in [-0.39, 0.29) is 41.3 Å². The zero-order valence-corrected chi connectivity index (χ0v) is 21.4. The van der Waals surface area contributed by atoms with Crippen molar-refractivity contribution in [2.75, 3.05) is 13.1 Å². The lowest BCUT2D eigenvalue weighted by Crippen LogP contribution is -2.48. The highest BCUT2D eigenvalue weighted by Crippen LogP contribution is 2.49. The summed E-state index contributed by atoms with van der Waals surface area (Å²) in [7, 11) is -3.96. The molecule has 34 heavy (non-hydrogen) atoms. The van der Waals surface area contributed by atoms with Crippen molar-refractivity contribution in [2.24, 2.45) is 29.4 Å². The maximum atomic E-state index is 13.2. The van der Waals surface area contributed by atoms with Crippen molar-refractivity contribution >= 4 is 33.4 Å². The van der Waals surface area contributed by atoms with Gasteiger partial charge in [0.15, 0.2) is 0 Å². The molecule has 1 aromatic carbocycles. The Morgan fingerprint density at radius 3 is 2.59 bits per heavy atom. The number of amides is 2. The van der Waals surface area contributed by atoms with Gasteiger partial charge in [0.25, 0.3) is 0 Å². The summed E-state index contributed by atoms with van der Waals surface area (Å²) in [5, 5.41) is -0.218. The van der Waals surface area contributed by atoms with E-state index in [1.54, 1.807) is 0 Å². The first-order valence-electron chi connectivity index (χ1n) is 12.0. The maximum absolute atomic E-state index is 13.2. The van der Waals surface area contributed by atoms with Crippen molar-refractivity contribution in [3.8, 4) is 0 Å². The largest absolute Gasteiger partial charge is 0.320 e. The lowest BCUT2D eigenvalue weighted by molar-refractivity contribution is -0.146. The van der Waals surface area contributed by atoms with Crippen LogP contribution in [0.1, 0.15) is 58.8 Å². The average Bonchev–Trinajstić information content (AvgIpc) is 3.35. The first-order valence-corrected chi connectivity index (χ1v) is 13.9. The van der Waals surface area contributed by atoms with Crippen LogP contribution in [-0.4, -0.2) is 44.3 Å². The number of halogens is 2. The van der Waals surface area contributed by atoms with E-state index in [9.17, 15) is 22.4 Å². The molecule has 10 heteroatoms. The van der Waals surface area contributed by atoms with Crippen molar-refractivity contribution in [3.05, 3.63) is 29.0 Å². The Morgan fingerprint density at radius 1 is 1.26 bits per heavy atom. The summed E-state index contributed by atoms with van der Waals surface area (Å²) in [4.78, 5) is 27.2. The van der Waals surface area contributed by atoms with Crippen molar-refractivity contribution < 1.29 is 22.4 Å². The second-order valence-electron chi connectivity index (χ2n) is 10.1. The predicted molar refractivity (Wildman–Crippen MR) is 129 cm³/mol. The van der Waals surface area contributed by atoms with Gasteiger partial charge >= 0.3 is 0 Å². The SMILES string of the molecule is CC(C)C[C@H](N)C(=O)N(CCCNS(=O)(=O)c1ccc(F)cc1Cl)C(=O)CC1C[C@@H]2CC[C@H]1C2. The van der Waals surface area contributed by atoms with Gasteiger partial charge in [-0.15, -0.1) is 0 Å². The molecule has 2 saturated carbocycles. The number of imide groups is 1. The van der Waals surface area contributed by atoms with Crippen LogP contribution < -0.4 is 10.5 Å². The van der Waals surface area contributed by atoms with Crippen LogP contribution in [0, 0.1) is 29.5 Å². The third-order valence-electron chi connectivity index (χ3n) is 6.96. The van der Waals surface area contributed by atoms with Gasteiger partial charge in [0.05, 0.1) is 11.1 Å². The third kappa shape index (κ3) is 6.77. The number of fused-ring (bicyclic) bond motifs is 2. The first-order chi connectivity index (χ1) is 16.0. The molecule has 0 saturated heterocycles. The highest BCUT2D eigenvalue weighted by molar-refractivity contribution is 7.89. The minimum Gasteiger partial charge on any atom is -0.320 e. The van der Waals surface area contributed by atoms with E-state index in [4.69, 9.17) is 17.3 Å². The number of nitrogens with zero attached hydrogens (tertiary/aromatic N) is 1. The number of benzene rings is 1. The molecule has 7 nitrogen and oxygen atoms in total. The van der Waals surface area contributed by atoms with E-state index >= 15 is 0 Å². The minimum atomic E-state index is -3.96. The molecule has 2 fully saturated rings. The van der Waals surface area contributed by atoms with E-state index in [0.717, 1.165) is 31.0 Å². The summed E-state index contributed by atoms with van der Waals surface area (Å²) < 4.78 is 40.7. The van der Waals surface area contributed by atoms with Crippen LogP contribution in [0.4, 0.5) is 4.39 Å². The number of hydrogen-bond donors (Lipinski definition) is 2. The van der Waals surface area contributed by atoms with Crippen LogP contribution in [0.5, 0.6) is 0 Å². The van der Waals surface area contributed by atoms with Crippen LogP contribution in [0.2, 0.25) is 5.02 Å². The van der Waals surface area contributed by atoms with E-state index < -0.39 is 27.8 Å². The number of carbonyl (C=O) groups excluding carboxylic acids is 2. The highest BCUT2D eigenvalue weighted by Gasteiger charge is 2.41. The number of rotatable bonds is 11. The number of nitrogens with two attached hydrogens (primary N) is 1. The van der Waals surface area contributed by atoms with Gasteiger partial charge < -0.3 is 5.73 Å². The number of sulfonamides is 1. The fourth-order valence-corrected chi connectivity index (χ4v) is 6.95. The molecular formula is C24H35ClFN3O4S. The Morgan fingerprint density at radius 2 is 2.00 bits per heavy atom. The van der Waals surface area contributed by atoms with Gasteiger partial charge in [-0.1, -0.05) is 31.9 Å². The molecule has 2 aliphatic rings. The molecule has 0 aliphatic heterocycles. The summed E-state index contributed by atoms with van der Waals surface area (Å²) in [5.74, 6) is 0.489. The highest BCUT2D eigenvalue weighted by atomic mass is 35.5. The van der Waals surface area contributed by atoms with Crippen LogP contribution >= 0.6 is 11.6 Å². The topological polar surface area (TPSA) is 110 Å². The molecule has 0 heterocycles. The van der Waals surface area contributed by atoms with E-state index in [0.29, 0.717) is 30.6 Å². The maximum Gasteiger partial charge on any atom is 0.246 e. The van der Waals surface area contributed by atoms with Crippen LogP contribution in [-0.2, 0) is 19.6 Å². The lowest BCUT2D eigenvalue weighted by atomic mass is 9.86. The third-order valence-corrected chi connectivity index (χ3v) is 8.91. The van der Waals surface area contributed by atoms with Crippen LogP contribution in [0.25, 0.3) is 0 Å². The molecule has 1 aromatic rings. The molecule has 0 radical (unpaired) electrons. The monoisotopic (exact) mass is 515 g/mol. The van der Waals surface area contributed by atoms with Crippen molar-refractivity contribution in [1.82, 2.24) is 9.62 Å². The van der Waals surface area contributed by atoms with Gasteiger partial charge in [-0.2, -0.15) is 0 Å². The van der Waals surface area contributed by atoms with E-state index in [2.05, 4.69) is 4.72 Å². The summed E-state index contributed by atoms with van der Waals surface area (Å²) in [6, 6.07) is 2.27. The van der Waals surface area contributed by atoms with Gasteiger partial charge in [-0.3, -0.25) is 14.5 Å². The average molecular weight is 516 g/mol. The van der Waals surface area contributed by atoms with Gasteiger partial charge in [-0.05, 0) is 74.0 Å². The normalized spacial score (nSPS) is 22.8. The molecular weight excluding hydrogens is 481 g/mol. The van der Waals surface area contributed by atoms with Gasteiger partial charge in [-0.25, -0.2) is 17.5 Å². The number of hydrogen-bond acceptors (Lipinski definition) is 5. The quantitative estimate of drug-likeness (QED) is 0.437. The first kappa shape index (κ1) is 27.0. The molecule has 2 bridgehead atoms. The second kappa shape index (κ2) is 11.5. The molecule has 190 valence electrons. The zero-order valence-electron chi connectivity index (χ0n) is 19.8. The predicted octanol–water partition coefficient (Wildman–Crippen LogP) is 3.70. The fourth-order valence-electron chi connectivity index (χ4n) is 5.34. The Bertz CT molecular complexity index is 1000.